The minimum atomic E-state index is -1.26. The van der Waals surface area contributed by atoms with Crippen LogP contribution in [0.25, 0.3) is 10.8 Å². The number of carboxylic acid groups (broad SMARTS) is 4. The second-order valence-corrected chi connectivity index (χ2v) is 11.3. The van der Waals surface area contributed by atoms with E-state index in [0.717, 1.165) is 6.54 Å². The summed E-state index contributed by atoms with van der Waals surface area (Å²) >= 11 is 1.92. The number of carboxylic acids is 4. The number of aliphatic carboxylic acids is 4. The van der Waals surface area contributed by atoms with Crippen molar-refractivity contribution in [2.75, 3.05) is 51.2 Å². The number of rotatable bonds is 9. The molecule has 3 aromatic rings. The van der Waals surface area contributed by atoms with Crippen LogP contribution in [0.5, 0.6) is 0 Å². The van der Waals surface area contributed by atoms with E-state index in [1.165, 1.54) is 77.5 Å². The van der Waals surface area contributed by atoms with Crippen molar-refractivity contribution in [1.29, 1.82) is 0 Å². The molecule has 2 heterocycles. The third-order valence-electron chi connectivity index (χ3n) is 6.96. The van der Waals surface area contributed by atoms with E-state index < -0.39 is 23.9 Å². The Labute approximate surface area is 265 Å². The highest BCUT2D eigenvalue weighted by Crippen LogP contribution is 2.50. The van der Waals surface area contributed by atoms with Crippen LogP contribution in [0.2, 0.25) is 0 Å². The molecule has 0 spiro atoms. The SMILES string of the molecule is CN1CCN(CCCCN2c3ccccc3Sc3c2ccc2ccccc32)CC1.O=C(O)/C=C\C(=O)O.O=C(O)/C=C\C(=O)O. The molecule has 45 heavy (non-hydrogen) atoms. The van der Waals surface area contributed by atoms with Crippen LogP contribution in [-0.2, 0) is 19.2 Å². The molecular weight excluding hydrogens is 598 g/mol. The van der Waals surface area contributed by atoms with Gasteiger partial charge in [0, 0.05) is 66.8 Å². The van der Waals surface area contributed by atoms with Gasteiger partial charge in [0.2, 0.25) is 0 Å². The summed E-state index contributed by atoms with van der Waals surface area (Å²) in [5.41, 5.74) is 2.73. The number of piperazine rings is 1. The average molecular weight is 636 g/mol. The Kier molecular flexibility index (Phi) is 13.6. The minimum Gasteiger partial charge on any atom is -0.478 e. The smallest absolute Gasteiger partial charge is 0.328 e. The van der Waals surface area contributed by atoms with Crippen LogP contribution >= 0.6 is 11.8 Å². The zero-order valence-corrected chi connectivity index (χ0v) is 25.7. The van der Waals surface area contributed by atoms with Gasteiger partial charge in [-0.3, -0.25) is 0 Å². The van der Waals surface area contributed by atoms with Gasteiger partial charge in [-0.2, -0.15) is 0 Å². The molecule has 1 saturated heterocycles. The number of para-hydroxylation sites is 1. The maximum Gasteiger partial charge on any atom is 0.328 e. The van der Waals surface area contributed by atoms with E-state index in [-0.39, 0.29) is 0 Å². The summed E-state index contributed by atoms with van der Waals surface area (Å²) in [5, 5.41) is 33.9. The van der Waals surface area contributed by atoms with Crippen molar-refractivity contribution in [2.24, 2.45) is 0 Å². The second kappa shape index (κ2) is 17.6. The van der Waals surface area contributed by atoms with Gasteiger partial charge in [-0.15, -0.1) is 0 Å². The van der Waals surface area contributed by atoms with Gasteiger partial charge in [0.05, 0.1) is 11.4 Å². The number of nitrogens with zero attached hydrogens (tertiary/aromatic N) is 3. The standard InChI is InChI=1S/C25H29N3S.2C4H4O4/c1-26-16-18-27(19-17-26)14-6-7-15-28-22-10-4-5-11-24(22)29-25-21-9-3-2-8-20(21)12-13-23(25)28;2*5-3(6)1-2-4(7)8/h2-5,8-13H,6-7,14-19H2,1H3;2*1-2H,(H,5,6)(H,7,8)/b;2*2-1-. The molecule has 0 saturated carbocycles. The molecule has 0 atom stereocenters. The van der Waals surface area contributed by atoms with Crippen LogP contribution in [0.15, 0.2) is 94.8 Å². The normalized spacial score (nSPS) is 14.6. The maximum absolute atomic E-state index is 9.55. The number of hydrogen-bond acceptors (Lipinski definition) is 8. The molecule has 3 aromatic carbocycles. The highest BCUT2D eigenvalue weighted by Gasteiger charge is 2.24. The van der Waals surface area contributed by atoms with E-state index in [4.69, 9.17) is 20.4 Å². The fourth-order valence-electron chi connectivity index (χ4n) is 4.76. The fourth-order valence-corrected chi connectivity index (χ4v) is 5.99. The summed E-state index contributed by atoms with van der Waals surface area (Å²) in [4.78, 5) is 48.6. The molecule has 0 unspecified atom stereocenters. The zero-order chi connectivity index (χ0) is 32.8. The van der Waals surface area contributed by atoms with E-state index in [0.29, 0.717) is 24.3 Å². The van der Waals surface area contributed by atoms with Gasteiger partial charge in [-0.1, -0.05) is 54.2 Å². The predicted octanol–water partition coefficient (Wildman–Crippen LogP) is 4.89. The monoisotopic (exact) mass is 635 g/mol. The van der Waals surface area contributed by atoms with Crippen molar-refractivity contribution in [3.8, 4) is 0 Å². The molecule has 2 aliphatic heterocycles. The van der Waals surface area contributed by atoms with Gasteiger partial charge in [0.15, 0.2) is 0 Å². The van der Waals surface area contributed by atoms with Gasteiger partial charge in [0.25, 0.3) is 0 Å². The lowest BCUT2D eigenvalue weighted by Gasteiger charge is -2.34. The van der Waals surface area contributed by atoms with Gasteiger partial charge >= 0.3 is 23.9 Å². The topological polar surface area (TPSA) is 159 Å². The summed E-state index contributed by atoms with van der Waals surface area (Å²) in [6.07, 6.45) is 4.71. The maximum atomic E-state index is 9.55. The van der Waals surface area contributed by atoms with Crippen molar-refractivity contribution in [1.82, 2.24) is 9.80 Å². The predicted molar refractivity (Wildman–Crippen MR) is 174 cm³/mol. The molecule has 0 radical (unpaired) electrons. The van der Waals surface area contributed by atoms with Crippen molar-refractivity contribution >= 4 is 57.8 Å². The first-order valence-electron chi connectivity index (χ1n) is 14.3. The zero-order valence-electron chi connectivity index (χ0n) is 24.9. The first-order valence-corrected chi connectivity index (χ1v) is 15.1. The molecule has 0 aromatic heterocycles. The highest BCUT2D eigenvalue weighted by molar-refractivity contribution is 8.00. The van der Waals surface area contributed by atoms with Gasteiger partial charge in [0.1, 0.15) is 0 Å². The number of benzene rings is 3. The quantitative estimate of drug-likeness (QED) is 0.187. The fraction of sp³-hybridized carbons (Fsp3) is 0.273. The lowest BCUT2D eigenvalue weighted by atomic mass is 10.1. The third-order valence-corrected chi connectivity index (χ3v) is 8.15. The molecule has 0 aliphatic carbocycles. The number of likely N-dealkylation sites (N-methyl/N-ethyl adjacent to an activating group) is 1. The van der Waals surface area contributed by atoms with Crippen molar-refractivity contribution < 1.29 is 39.6 Å². The first-order chi connectivity index (χ1) is 21.5. The summed E-state index contributed by atoms with van der Waals surface area (Å²) in [5.74, 6) is -5.03. The lowest BCUT2D eigenvalue weighted by Crippen LogP contribution is -2.44. The van der Waals surface area contributed by atoms with Crippen LogP contribution in [-0.4, -0.2) is 100 Å². The Bertz CT molecular complexity index is 1480. The average Bonchev–Trinajstić information content (AvgIpc) is 3.02. The first kappa shape index (κ1) is 34.8. The van der Waals surface area contributed by atoms with Crippen molar-refractivity contribution in [3.05, 3.63) is 85.0 Å². The van der Waals surface area contributed by atoms with Crippen molar-refractivity contribution in [2.45, 2.75) is 22.6 Å². The Balaban J connectivity index is 0.000000287. The molecule has 5 rings (SSSR count). The van der Waals surface area contributed by atoms with E-state index in [1.807, 2.05) is 11.8 Å². The Morgan fingerprint density at radius 2 is 1.20 bits per heavy atom. The minimum absolute atomic E-state index is 0.558. The molecule has 0 bridgehead atoms. The lowest BCUT2D eigenvalue weighted by molar-refractivity contribution is -0.134. The van der Waals surface area contributed by atoms with Crippen LogP contribution in [0.1, 0.15) is 12.8 Å². The molecule has 12 heteroatoms. The summed E-state index contributed by atoms with van der Waals surface area (Å²) < 4.78 is 0. The van der Waals surface area contributed by atoms with Gasteiger partial charge in [-0.25, -0.2) is 19.2 Å². The number of anilines is 2. The Morgan fingerprint density at radius 1 is 0.667 bits per heavy atom. The second-order valence-electron chi connectivity index (χ2n) is 10.2. The van der Waals surface area contributed by atoms with Gasteiger partial charge in [-0.05, 0) is 55.4 Å². The molecular formula is C33H37N3O8S. The Morgan fingerprint density at radius 3 is 1.80 bits per heavy atom. The van der Waals surface area contributed by atoms with Crippen LogP contribution in [0.3, 0.4) is 0 Å². The van der Waals surface area contributed by atoms with E-state index >= 15 is 0 Å². The van der Waals surface area contributed by atoms with E-state index in [1.54, 1.807) is 0 Å². The van der Waals surface area contributed by atoms with Crippen LogP contribution in [0.4, 0.5) is 11.4 Å². The number of unbranched alkanes of at least 4 members (excludes halogenated alkanes) is 1. The molecule has 2 aliphatic rings. The van der Waals surface area contributed by atoms with Gasteiger partial charge < -0.3 is 35.1 Å². The van der Waals surface area contributed by atoms with Crippen LogP contribution in [0, 0.1) is 0 Å². The molecule has 0 amide bonds. The highest BCUT2D eigenvalue weighted by atomic mass is 32.2. The van der Waals surface area contributed by atoms with Crippen LogP contribution < -0.4 is 4.90 Å². The molecule has 11 nitrogen and oxygen atoms in total. The number of fused-ring (bicyclic) bond motifs is 4. The largest absolute Gasteiger partial charge is 0.478 e. The summed E-state index contributed by atoms with van der Waals surface area (Å²) in [7, 11) is 2.23. The number of hydrogen-bond donors (Lipinski definition) is 4. The third kappa shape index (κ3) is 11.4. The van der Waals surface area contributed by atoms with E-state index in [9.17, 15) is 19.2 Å². The van der Waals surface area contributed by atoms with Crippen molar-refractivity contribution in [3.63, 3.8) is 0 Å². The van der Waals surface area contributed by atoms with E-state index in [2.05, 4.69) is 82.4 Å². The molecule has 1 fully saturated rings. The Hall–Kier alpha value is -4.65. The molecule has 238 valence electrons. The summed E-state index contributed by atoms with van der Waals surface area (Å²) in [6, 6.07) is 22.2. The molecule has 4 N–H and O–H groups in total. The number of carbonyl (C=O) groups is 4. The summed E-state index contributed by atoms with van der Waals surface area (Å²) in [6.45, 7) is 7.15.